The van der Waals surface area contributed by atoms with Crippen molar-refractivity contribution in [1.82, 2.24) is 5.32 Å². The van der Waals surface area contributed by atoms with Crippen LogP contribution in [0.4, 0.5) is 0 Å². The molecule has 1 aliphatic heterocycles. The van der Waals surface area contributed by atoms with Crippen LogP contribution in [0, 0.1) is 0 Å². The molecule has 0 saturated heterocycles. The van der Waals surface area contributed by atoms with E-state index in [-0.39, 0.29) is 11.9 Å². The molecule has 1 amide bonds. The molecule has 2 aromatic rings. The summed E-state index contributed by atoms with van der Waals surface area (Å²) in [4.78, 5) is 12.3. The Morgan fingerprint density at radius 2 is 1.78 bits per heavy atom. The SMILES string of the molecule is COc1ccc(/C=C/C(=O)N[C@H](C)c2ccc3c(c2)OCCO3)cc1OC. The maximum Gasteiger partial charge on any atom is 0.244 e. The first-order chi connectivity index (χ1) is 13.1. The Bertz CT molecular complexity index is 846. The third-order valence-electron chi connectivity index (χ3n) is 4.26. The van der Waals surface area contributed by atoms with Gasteiger partial charge in [-0.15, -0.1) is 0 Å². The van der Waals surface area contributed by atoms with Gasteiger partial charge in [0.15, 0.2) is 23.0 Å². The summed E-state index contributed by atoms with van der Waals surface area (Å²) in [6.45, 7) is 3.01. The number of rotatable bonds is 6. The maximum absolute atomic E-state index is 12.3. The van der Waals surface area contributed by atoms with Crippen LogP contribution in [0.25, 0.3) is 6.08 Å². The predicted molar refractivity (Wildman–Crippen MR) is 103 cm³/mol. The number of ether oxygens (including phenoxy) is 4. The third-order valence-corrected chi connectivity index (χ3v) is 4.26. The molecule has 2 aromatic carbocycles. The molecular formula is C21H23NO5. The molecule has 0 bridgehead atoms. The maximum atomic E-state index is 12.3. The van der Waals surface area contributed by atoms with E-state index in [1.807, 2.05) is 37.3 Å². The van der Waals surface area contributed by atoms with Crippen molar-refractivity contribution in [3.63, 3.8) is 0 Å². The van der Waals surface area contributed by atoms with Crippen molar-refractivity contribution >= 4 is 12.0 Å². The van der Waals surface area contributed by atoms with E-state index in [1.54, 1.807) is 26.4 Å². The first-order valence-electron chi connectivity index (χ1n) is 8.71. The van der Waals surface area contributed by atoms with Crippen molar-refractivity contribution in [3.05, 3.63) is 53.6 Å². The summed E-state index contributed by atoms with van der Waals surface area (Å²) in [6.07, 6.45) is 3.23. The van der Waals surface area contributed by atoms with Crippen molar-refractivity contribution in [1.29, 1.82) is 0 Å². The van der Waals surface area contributed by atoms with E-state index in [1.165, 1.54) is 6.08 Å². The fraction of sp³-hybridized carbons (Fsp3) is 0.286. The normalized spacial score (nSPS) is 13.9. The lowest BCUT2D eigenvalue weighted by Crippen LogP contribution is -2.25. The van der Waals surface area contributed by atoms with E-state index in [0.29, 0.717) is 30.5 Å². The molecule has 1 aliphatic rings. The second-order valence-electron chi connectivity index (χ2n) is 6.08. The molecule has 6 nitrogen and oxygen atoms in total. The van der Waals surface area contributed by atoms with Crippen molar-refractivity contribution < 1.29 is 23.7 Å². The molecule has 1 heterocycles. The monoisotopic (exact) mass is 369 g/mol. The van der Waals surface area contributed by atoms with Gasteiger partial charge >= 0.3 is 0 Å². The Balaban J connectivity index is 1.64. The number of benzene rings is 2. The zero-order valence-electron chi connectivity index (χ0n) is 15.7. The lowest BCUT2D eigenvalue weighted by molar-refractivity contribution is -0.117. The van der Waals surface area contributed by atoms with Crippen LogP contribution in [-0.2, 0) is 4.79 Å². The molecule has 0 unspecified atom stereocenters. The van der Waals surface area contributed by atoms with Crippen LogP contribution in [0.3, 0.4) is 0 Å². The molecule has 0 aromatic heterocycles. The Labute approximate surface area is 158 Å². The van der Waals surface area contributed by atoms with E-state index >= 15 is 0 Å². The quantitative estimate of drug-likeness (QED) is 0.791. The van der Waals surface area contributed by atoms with Gasteiger partial charge in [0.1, 0.15) is 13.2 Å². The smallest absolute Gasteiger partial charge is 0.244 e. The highest BCUT2D eigenvalue weighted by molar-refractivity contribution is 5.92. The lowest BCUT2D eigenvalue weighted by atomic mass is 10.1. The number of methoxy groups -OCH3 is 2. The zero-order chi connectivity index (χ0) is 19.2. The number of nitrogens with one attached hydrogen (secondary N) is 1. The fourth-order valence-corrected chi connectivity index (χ4v) is 2.80. The van der Waals surface area contributed by atoms with Gasteiger partial charge in [-0.3, -0.25) is 4.79 Å². The van der Waals surface area contributed by atoms with E-state index in [2.05, 4.69) is 5.32 Å². The second-order valence-corrected chi connectivity index (χ2v) is 6.08. The molecule has 0 radical (unpaired) electrons. The van der Waals surface area contributed by atoms with Gasteiger partial charge in [0.25, 0.3) is 0 Å². The number of hydrogen-bond acceptors (Lipinski definition) is 5. The van der Waals surface area contributed by atoms with Crippen molar-refractivity contribution in [2.45, 2.75) is 13.0 Å². The summed E-state index contributed by atoms with van der Waals surface area (Å²) in [7, 11) is 3.16. The highest BCUT2D eigenvalue weighted by Gasteiger charge is 2.15. The van der Waals surface area contributed by atoms with Gasteiger partial charge in [0, 0.05) is 6.08 Å². The predicted octanol–water partition coefficient (Wildman–Crippen LogP) is 3.37. The molecule has 1 atom stereocenters. The van der Waals surface area contributed by atoms with Gasteiger partial charge < -0.3 is 24.3 Å². The number of fused-ring (bicyclic) bond motifs is 1. The van der Waals surface area contributed by atoms with Crippen LogP contribution in [0.5, 0.6) is 23.0 Å². The number of hydrogen-bond donors (Lipinski definition) is 1. The average molecular weight is 369 g/mol. The van der Waals surface area contributed by atoms with Crippen LogP contribution < -0.4 is 24.3 Å². The van der Waals surface area contributed by atoms with E-state index in [4.69, 9.17) is 18.9 Å². The third kappa shape index (κ3) is 4.53. The summed E-state index contributed by atoms with van der Waals surface area (Å²) in [5.41, 5.74) is 1.79. The van der Waals surface area contributed by atoms with Crippen LogP contribution in [0.15, 0.2) is 42.5 Å². The summed E-state index contributed by atoms with van der Waals surface area (Å²) < 4.78 is 21.6. The highest BCUT2D eigenvalue weighted by Crippen LogP contribution is 2.32. The number of amides is 1. The van der Waals surface area contributed by atoms with Gasteiger partial charge in [-0.1, -0.05) is 12.1 Å². The second kappa shape index (κ2) is 8.49. The first-order valence-corrected chi connectivity index (χ1v) is 8.71. The van der Waals surface area contributed by atoms with Crippen LogP contribution in [0.1, 0.15) is 24.1 Å². The molecule has 1 N–H and O–H groups in total. The molecule has 6 heteroatoms. The molecular weight excluding hydrogens is 346 g/mol. The molecule has 0 saturated carbocycles. The molecule has 142 valence electrons. The first kappa shape index (κ1) is 18.6. The Hall–Kier alpha value is -3.15. The van der Waals surface area contributed by atoms with Gasteiger partial charge in [-0.05, 0) is 48.4 Å². The van der Waals surface area contributed by atoms with Crippen molar-refractivity contribution in [2.75, 3.05) is 27.4 Å². The Morgan fingerprint density at radius 3 is 2.52 bits per heavy atom. The molecule has 27 heavy (non-hydrogen) atoms. The van der Waals surface area contributed by atoms with Gasteiger partial charge in [0.05, 0.1) is 20.3 Å². The minimum absolute atomic E-state index is 0.164. The molecule has 0 spiro atoms. The number of carbonyl (C=O) groups is 1. The summed E-state index contributed by atoms with van der Waals surface area (Å²) >= 11 is 0. The highest BCUT2D eigenvalue weighted by atomic mass is 16.6. The van der Waals surface area contributed by atoms with E-state index in [0.717, 1.165) is 16.9 Å². The fourth-order valence-electron chi connectivity index (χ4n) is 2.80. The molecule has 3 rings (SSSR count). The Kier molecular flexibility index (Phi) is 5.86. The van der Waals surface area contributed by atoms with Gasteiger partial charge in [-0.2, -0.15) is 0 Å². The summed E-state index contributed by atoms with van der Waals surface area (Å²) in [5.74, 6) is 2.51. The molecule has 0 aliphatic carbocycles. The Morgan fingerprint density at radius 1 is 1.04 bits per heavy atom. The average Bonchev–Trinajstić information content (AvgIpc) is 2.71. The molecule has 0 fully saturated rings. The van der Waals surface area contributed by atoms with Gasteiger partial charge in [-0.25, -0.2) is 0 Å². The van der Waals surface area contributed by atoms with Crippen molar-refractivity contribution in [3.8, 4) is 23.0 Å². The standard InChI is InChI=1S/C21H23NO5/c1-14(16-6-8-18-20(13-16)27-11-10-26-18)22-21(23)9-5-15-4-7-17(24-2)19(12-15)25-3/h4-9,12-14H,10-11H2,1-3H3,(H,22,23)/b9-5+/t14-/m1/s1. The van der Waals surface area contributed by atoms with E-state index in [9.17, 15) is 4.79 Å². The van der Waals surface area contributed by atoms with E-state index < -0.39 is 0 Å². The number of carbonyl (C=O) groups excluding carboxylic acids is 1. The topological polar surface area (TPSA) is 66.0 Å². The summed E-state index contributed by atoms with van der Waals surface area (Å²) in [5, 5.41) is 2.95. The lowest BCUT2D eigenvalue weighted by Gasteiger charge is -2.20. The zero-order valence-corrected chi connectivity index (χ0v) is 15.7. The van der Waals surface area contributed by atoms with Crippen LogP contribution in [0.2, 0.25) is 0 Å². The van der Waals surface area contributed by atoms with Gasteiger partial charge in [0.2, 0.25) is 5.91 Å². The van der Waals surface area contributed by atoms with Crippen LogP contribution >= 0.6 is 0 Å². The van der Waals surface area contributed by atoms with Crippen LogP contribution in [-0.4, -0.2) is 33.3 Å². The minimum atomic E-state index is -0.188. The largest absolute Gasteiger partial charge is 0.493 e. The minimum Gasteiger partial charge on any atom is -0.493 e. The summed E-state index contributed by atoms with van der Waals surface area (Å²) in [6, 6.07) is 11.0. The van der Waals surface area contributed by atoms with Crippen molar-refractivity contribution in [2.24, 2.45) is 0 Å².